The van der Waals surface area contributed by atoms with Crippen molar-refractivity contribution in [1.29, 1.82) is 0 Å². The summed E-state index contributed by atoms with van der Waals surface area (Å²) < 4.78 is 0. The van der Waals surface area contributed by atoms with Crippen LogP contribution in [-0.4, -0.2) is 30.6 Å². The smallest absolute Gasteiger partial charge is 0.317 e. The molecule has 1 N–H and O–H groups in total. The van der Waals surface area contributed by atoms with Crippen LogP contribution >= 0.6 is 0 Å². The number of unbranched alkanes of at least 4 members (excludes halogenated alkanes) is 5. The van der Waals surface area contributed by atoms with Crippen LogP contribution in [0.1, 0.15) is 58.3 Å². The summed E-state index contributed by atoms with van der Waals surface area (Å²) >= 11 is 0. The second-order valence-electron chi connectivity index (χ2n) is 4.69. The van der Waals surface area contributed by atoms with E-state index in [2.05, 4.69) is 12.2 Å². The molecule has 0 aromatic carbocycles. The van der Waals surface area contributed by atoms with Gasteiger partial charge >= 0.3 is 6.03 Å². The molecule has 1 aliphatic heterocycles. The molecule has 16 heavy (non-hydrogen) atoms. The molecule has 1 rings (SSSR count). The highest BCUT2D eigenvalue weighted by Crippen LogP contribution is 2.07. The van der Waals surface area contributed by atoms with Crippen LogP contribution in [0.3, 0.4) is 0 Å². The van der Waals surface area contributed by atoms with Crippen molar-refractivity contribution in [3.63, 3.8) is 0 Å². The second-order valence-corrected chi connectivity index (χ2v) is 4.69. The van der Waals surface area contributed by atoms with Crippen LogP contribution in [-0.2, 0) is 0 Å². The van der Waals surface area contributed by atoms with Gasteiger partial charge in [-0.3, -0.25) is 0 Å². The third kappa shape index (κ3) is 5.38. The van der Waals surface area contributed by atoms with E-state index < -0.39 is 0 Å². The van der Waals surface area contributed by atoms with Gasteiger partial charge in [-0.1, -0.05) is 39.0 Å². The Labute approximate surface area is 99.6 Å². The predicted molar refractivity (Wildman–Crippen MR) is 67.6 cm³/mol. The molecule has 0 aromatic rings. The molecular formula is C13H26N2O. The summed E-state index contributed by atoms with van der Waals surface area (Å²) in [6, 6.07) is 0.144. The zero-order chi connectivity index (χ0) is 11.6. The second kappa shape index (κ2) is 8.43. The zero-order valence-corrected chi connectivity index (χ0v) is 10.6. The van der Waals surface area contributed by atoms with Crippen LogP contribution in [0.4, 0.5) is 4.79 Å². The fourth-order valence-electron chi connectivity index (χ4n) is 2.13. The Morgan fingerprint density at radius 2 is 1.69 bits per heavy atom. The van der Waals surface area contributed by atoms with Crippen LogP contribution in [0.15, 0.2) is 0 Å². The minimum Gasteiger partial charge on any atom is -0.338 e. The van der Waals surface area contributed by atoms with Gasteiger partial charge in [0.15, 0.2) is 0 Å². The van der Waals surface area contributed by atoms with Crippen molar-refractivity contribution in [2.45, 2.75) is 58.3 Å². The van der Waals surface area contributed by atoms with E-state index in [0.717, 1.165) is 26.1 Å². The van der Waals surface area contributed by atoms with Crippen LogP contribution in [0.5, 0.6) is 0 Å². The highest BCUT2D eigenvalue weighted by Gasteiger charge is 2.16. The molecule has 0 radical (unpaired) electrons. The standard InChI is InChI=1S/C13H26N2O/c1-2-3-4-5-6-7-10-14-13(16)15-11-8-9-12-15/h2-12H2,1H3,(H,14,16). The fraction of sp³-hybridized carbons (Fsp3) is 0.923. The van der Waals surface area contributed by atoms with Gasteiger partial charge in [-0.25, -0.2) is 4.79 Å². The average Bonchev–Trinajstić information content (AvgIpc) is 2.81. The molecule has 0 saturated carbocycles. The van der Waals surface area contributed by atoms with Gasteiger partial charge < -0.3 is 10.2 Å². The first-order valence-electron chi connectivity index (χ1n) is 6.87. The quantitative estimate of drug-likeness (QED) is 0.664. The predicted octanol–water partition coefficient (Wildman–Crippen LogP) is 3.15. The number of carbonyl (C=O) groups excluding carboxylic acids is 1. The molecule has 3 heteroatoms. The lowest BCUT2D eigenvalue weighted by molar-refractivity contribution is 0.208. The number of nitrogens with zero attached hydrogens (tertiary/aromatic N) is 1. The minimum atomic E-state index is 0.144. The molecule has 1 aliphatic rings. The van der Waals surface area contributed by atoms with Gasteiger partial charge in [-0.15, -0.1) is 0 Å². The zero-order valence-electron chi connectivity index (χ0n) is 10.6. The van der Waals surface area contributed by atoms with Crippen LogP contribution in [0, 0.1) is 0 Å². The number of nitrogens with one attached hydrogen (secondary N) is 1. The van der Waals surface area contributed by atoms with Crippen molar-refractivity contribution in [2.24, 2.45) is 0 Å². The van der Waals surface area contributed by atoms with Gasteiger partial charge in [0, 0.05) is 19.6 Å². The third-order valence-corrected chi connectivity index (χ3v) is 3.20. The maximum Gasteiger partial charge on any atom is 0.317 e. The first-order valence-corrected chi connectivity index (χ1v) is 6.87. The molecule has 94 valence electrons. The summed E-state index contributed by atoms with van der Waals surface area (Å²) in [6.45, 7) is 4.97. The summed E-state index contributed by atoms with van der Waals surface area (Å²) in [7, 11) is 0. The molecule has 0 bridgehead atoms. The Balaban J connectivity index is 1.88. The summed E-state index contributed by atoms with van der Waals surface area (Å²) in [5, 5.41) is 3.00. The normalized spacial score (nSPS) is 15.4. The van der Waals surface area contributed by atoms with E-state index in [9.17, 15) is 4.79 Å². The van der Waals surface area contributed by atoms with Gasteiger partial charge in [0.2, 0.25) is 0 Å². The maximum atomic E-state index is 11.6. The Kier molecular flexibility index (Phi) is 7.02. The molecule has 1 saturated heterocycles. The van der Waals surface area contributed by atoms with Crippen LogP contribution < -0.4 is 5.32 Å². The summed E-state index contributed by atoms with van der Waals surface area (Å²) in [6.07, 6.45) is 10.0. The fourth-order valence-corrected chi connectivity index (χ4v) is 2.13. The van der Waals surface area contributed by atoms with E-state index >= 15 is 0 Å². The van der Waals surface area contributed by atoms with Crippen LogP contribution in [0.25, 0.3) is 0 Å². The number of hydrogen-bond acceptors (Lipinski definition) is 1. The molecule has 1 fully saturated rings. The number of carbonyl (C=O) groups is 1. The van der Waals surface area contributed by atoms with Gasteiger partial charge in [-0.05, 0) is 19.3 Å². The van der Waals surface area contributed by atoms with E-state index in [1.165, 1.54) is 44.9 Å². The summed E-state index contributed by atoms with van der Waals surface area (Å²) in [4.78, 5) is 13.5. The Bertz CT molecular complexity index is 188. The highest BCUT2D eigenvalue weighted by atomic mass is 16.2. The van der Waals surface area contributed by atoms with Crippen molar-refractivity contribution in [1.82, 2.24) is 10.2 Å². The highest BCUT2D eigenvalue weighted by molar-refractivity contribution is 5.74. The molecule has 0 atom stereocenters. The molecule has 0 spiro atoms. The molecule has 3 nitrogen and oxygen atoms in total. The van der Waals surface area contributed by atoms with E-state index in [0.29, 0.717) is 0 Å². The summed E-state index contributed by atoms with van der Waals surface area (Å²) in [5.41, 5.74) is 0. The van der Waals surface area contributed by atoms with Gasteiger partial charge in [0.25, 0.3) is 0 Å². The van der Waals surface area contributed by atoms with Crippen molar-refractivity contribution in [3.8, 4) is 0 Å². The largest absolute Gasteiger partial charge is 0.338 e. The molecular weight excluding hydrogens is 200 g/mol. The lowest BCUT2D eigenvalue weighted by atomic mass is 10.1. The van der Waals surface area contributed by atoms with Gasteiger partial charge in [0.05, 0.1) is 0 Å². The van der Waals surface area contributed by atoms with E-state index in [1.54, 1.807) is 0 Å². The van der Waals surface area contributed by atoms with Gasteiger partial charge in [-0.2, -0.15) is 0 Å². The number of hydrogen-bond donors (Lipinski definition) is 1. The SMILES string of the molecule is CCCCCCCCNC(=O)N1CCCC1. The van der Waals surface area contributed by atoms with Crippen molar-refractivity contribution in [2.75, 3.05) is 19.6 Å². The maximum absolute atomic E-state index is 11.6. The molecule has 1 heterocycles. The van der Waals surface area contributed by atoms with Crippen LogP contribution in [0.2, 0.25) is 0 Å². The van der Waals surface area contributed by atoms with Crippen molar-refractivity contribution < 1.29 is 4.79 Å². The molecule has 0 aromatic heterocycles. The first kappa shape index (κ1) is 13.3. The Morgan fingerprint density at radius 1 is 1.06 bits per heavy atom. The molecule has 0 unspecified atom stereocenters. The minimum absolute atomic E-state index is 0.144. The average molecular weight is 226 g/mol. The van der Waals surface area contributed by atoms with E-state index in [4.69, 9.17) is 0 Å². The lowest BCUT2D eigenvalue weighted by Crippen LogP contribution is -2.38. The van der Waals surface area contributed by atoms with E-state index in [-0.39, 0.29) is 6.03 Å². The Hall–Kier alpha value is -0.730. The monoisotopic (exact) mass is 226 g/mol. The molecule has 2 amide bonds. The number of urea groups is 1. The number of rotatable bonds is 7. The van der Waals surface area contributed by atoms with Crippen molar-refractivity contribution >= 4 is 6.03 Å². The Morgan fingerprint density at radius 3 is 2.38 bits per heavy atom. The first-order chi connectivity index (χ1) is 7.84. The number of likely N-dealkylation sites (tertiary alicyclic amines) is 1. The topological polar surface area (TPSA) is 32.3 Å². The van der Waals surface area contributed by atoms with Crippen molar-refractivity contribution in [3.05, 3.63) is 0 Å². The summed E-state index contributed by atoms with van der Waals surface area (Å²) in [5.74, 6) is 0. The molecule has 0 aliphatic carbocycles. The van der Waals surface area contributed by atoms with E-state index in [1.807, 2.05) is 4.90 Å². The third-order valence-electron chi connectivity index (χ3n) is 3.20. The van der Waals surface area contributed by atoms with Gasteiger partial charge in [0.1, 0.15) is 0 Å². The number of amides is 2. The lowest BCUT2D eigenvalue weighted by Gasteiger charge is -2.15.